The second-order valence-corrected chi connectivity index (χ2v) is 8.96. The normalized spacial score (nSPS) is 21.2. The van der Waals surface area contributed by atoms with Crippen LogP contribution in [0.25, 0.3) is 0 Å². The van der Waals surface area contributed by atoms with Gasteiger partial charge in [0, 0.05) is 18.2 Å². The van der Waals surface area contributed by atoms with Crippen LogP contribution in [-0.2, 0) is 0 Å². The molecule has 0 N–H and O–H groups in total. The molecule has 0 bridgehead atoms. The van der Waals surface area contributed by atoms with Gasteiger partial charge in [0.1, 0.15) is 5.75 Å². The third-order valence-electron chi connectivity index (χ3n) is 7.12. The van der Waals surface area contributed by atoms with E-state index >= 15 is 0 Å². The topological polar surface area (TPSA) is 66.9 Å². The molecule has 0 radical (unpaired) electrons. The summed E-state index contributed by atoms with van der Waals surface area (Å²) in [5.41, 5.74) is 2.33. The van der Waals surface area contributed by atoms with Crippen molar-refractivity contribution in [3.63, 3.8) is 0 Å². The Bertz CT molecular complexity index is 1060. The molecule has 5 rings (SSSR count). The zero-order valence-corrected chi connectivity index (χ0v) is 18.4. The average Bonchev–Trinajstić information content (AvgIpc) is 3.42. The van der Waals surface area contributed by atoms with E-state index in [0.29, 0.717) is 23.2 Å². The van der Waals surface area contributed by atoms with E-state index in [0.717, 1.165) is 56.3 Å². The molecule has 2 fully saturated rings. The summed E-state index contributed by atoms with van der Waals surface area (Å²) in [7, 11) is 1.63. The lowest BCUT2D eigenvalue weighted by molar-refractivity contribution is 0.0548. The van der Waals surface area contributed by atoms with Crippen LogP contribution in [0.3, 0.4) is 0 Å². The molecule has 6 nitrogen and oxygen atoms in total. The quantitative estimate of drug-likeness (QED) is 0.662. The van der Waals surface area contributed by atoms with Crippen LogP contribution in [0.4, 0.5) is 0 Å². The van der Waals surface area contributed by atoms with E-state index in [4.69, 9.17) is 4.74 Å². The molecule has 32 heavy (non-hydrogen) atoms. The van der Waals surface area contributed by atoms with Crippen molar-refractivity contribution in [2.24, 2.45) is 0 Å². The fraction of sp³-hybridized carbons (Fsp3) is 0.423. The monoisotopic (exact) mass is 432 g/mol. The third-order valence-corrected chi connectivity index (χ3v) is 7.12. The summed E-state index contributed by atoms with van der Waals surface area (Å²) in [4.78, 5) is 42.8. The lowest BCUT2D eigenvalue weighted by atomic mass is 9.94. The van der Waals surface area contributed by atoms with Gasteiger partial charge < -0.3 is 9.64 Å². The smallest absolute Gasteiger partial charge is 0.261 e. The van der Waals surface area contributed by atoms with Gasteiger partial charge in [0.2, 0.25) is 0 Å². The summed E-state index contributed by atoms with van der Waals surface area (Å²) in [6.07, 6.45) is 6.82. The van der Waals surface area contributed by atoms with E-state index in [-0.39, 0.29) is 29.8 Å². The first-order chi connectivity index (χ1) is 15.6. The maximum atomic E-state index is 13.4. The maximum absolute atomic E-state index is 13.4. The summed E-state index contributed by atoms with van der Waals surface area (Å²) in [5, 5.41) is 0. The van der Waals surface area contributed by atoms with E-state index in [1.54, 1.807) is 25.3 Å². The summed E-state index contributed by atoms with van der Waals surface area (Å²) in [6.45, 7) is 0.674. The number of rotatable bonds is 4. The number of imide groups is 1. The summed E-state index contributed by atoms with van der Waals surface area (Å²) in [6, 6.07) is 12.8. The zero-order chi connectivity index (χ0) is 22.2. The van der Waals surface area contributed by atoms with E-state index in [2.05, 4.69) is 0 Å². The molecule has 0 aromatic heterocycles. The van der Waals surface area contributed by atoms with Crippen LogP contribution in [0.15, 0.2) is 42.5 Å². The Morgan fingerprint density at radius 1 is 0.875 bits per heavy atom. The Hall–Kier alpha value is -3.15. The fourth-order valence-corrected chi connectivity index (χ4v) is 5.41. The molecule has 1 aliphatic carbocycles. The second kappa shape index (κ2) is 8.41. The number of methoxy groups -OCH3 is 1. The number of nitrogens with zero attached hydrogens (tertiary/aromatic N) is 2. The van der Waals surface area contributed by atoms with E-state index in [1.165, 1.54) is 4.90 Å². The highest BCUT2D eigenvalue weighted by Crippen LogP contribution is 2.35. The number of fused-ring (bicyclic) bond motifs is 1. The van der Waals surface area contributed by atoms with Crippen LogP contribution in [0.2, 0.25) is 0 Å². The molecule has 2 heterocycles. The van der Waals surface area contributed by atoms with Gasteiger partial charge in [0.25, 0.3) is 17.7 Å². The van der Waals surface area contributed by atoms with Crippen molar-refractivity contribution in [2.75, 3.05) is 13.7 Å². The Morgan fingerprint density at radius 2 is 1.59 bits per heavy atom. The molecular weight excluding hydrogens is 404 g/mol. The van der Waals surface area contributed by atoms with E-state index in [1.807, 2.05) is 29.2 Å². The number of carbonyl (C=O) groups excluding carboxylic acids is 3. The highest BCUT2D eigenvalue weighted by atomic mass is 16.5. The second-order valence-electron chi connectivity index (χ2n) is 8.96. The minimum Gasteiger partial charge on any atom is -0.497 e. The Morgan fingerprint density at radius 3 is 2.31 bits per heavy atom. The Kier molecular flexibility index (Phi) is 5.45. The van der Waals surface area contributed by atoms with Crippen molar-refractivity contribution in [1.82, 2.24) is 9.80 Å². The first-order valence-electron chi connectivity index (χ1n) is 11.6. The standard InChI is InChI=1S/C26H28N2O4/c1-32-20-12-9-17(10-13-20)23-8-5-15-27(23)24(29)18-11-14-21-22(16-18)26(31)28(25(21)30)19-6-3-2-4-7-19/h9-14,16,19,23H,2-8,15H2,1H3. The Balaban J connectivity index is 1.39. The molecular formula is C26H28N2O4. The molecule has 6 heteroatoms. The minimum atomic E-state index is -0.250. The molecule has 1 unspecified atom stereocenters. The van der Waals surface area contributed by atoms with Gasteiger partial charge in [-0.25, -0.2) is 0 Å². The number of likely N-dealkylation sites (tertiary alicyclic amines) is 1. The lowest BCUT2D eigenvalue weighted by Gasteiger charge is -2.29. The average molecular weight is 433 g/mol. The molecule has 2 aromatic carbocycles. The number of carbonyl (C=O) groups is 3. The SMILES string of the molecule is COc1ccc(C2CCCN2C(=O)c2ccc3c(c2)C(=O)N(C2CCCCC2)C3=O)cc1. The van der Waals surface area contributed by atoms with Crippen LogP contribution < -0.4 is 4.74 Å². The third kappa shape index (κ3) is 3.48. The van der Waals surface area contributed by atoms with Crippen LogP contribution in [0.5, 0.6) is 5.75 Å². The van der Waals surface area contributed by atoms with Gasteiger partial charge in [0.15, 0.2) is 0 Å². The predicted octanol–water partition coefficient (Wildman–Crippen LogP) is 4.60. The van der Waals surface area contributed by atoms with Crippen LogP contribution >= 0.6 is 0 Å². The fourth-order valence-electron chi connectivity index (χ4n) is 5.41. The highest BCUT2D eigenvalue weighted by molar-refractivity contribution is 6.22. The number of benzene rings is 2. The molecule has 166 valence electrons. The van der Waals surface area contributed by atoms with E-state index < -0.39 is 0 Å². The Labute approximate surface area is 188 Å². The number of hydrogen-bond donors (Lipinski definition) is 0. The molecule has 3 amide bonds. The van der Waals surface area contributed by atoms with Crippen LogP contribution in [-0.4, -0.2) is 47.2 Å². The number of ether oxygens (including phenoxy) is 1. The van der Waals surface area contributed by atoms with Gasteiger partial charge in [0.05, 0.1) is 24.3 Å². The van der Waals surface area contributed by atoms with Gasteiger partial charge in [-0.05, 0) is 61.6 Å². The summed E-state index contributed by atoms with van der Waals surface area (Å²) in [5.74, 6) is 0.226. The molecule has 0 spiro atoms. The van der Waals surface area contributed by atoms with Gasteiger partial charge in [-0.3, -0.25) is 19.3 Å². The largest absolute Gasteiger partial charge is 0.497 e. The predicted molar refractivity (Wildman–Crippen MR) is 120 cm³/mol. The van der Waals surface area contributed by atoms with Crippen molar-refractivity contribution in [1.29, 1.82) is 0 Å². The van der Waals surface area contributed by atoms with E-state index in [9.17, 15) is 14.4 Å². The molecule has 2 aliphatic heterocycles. The number of hydrogen-bond acceptors (Lipinski definition) is 4. The van der Waals surface area contributed by atoms with Crippen molar-refractivity contribution in [3.8, 4) is 5.75 Å². The first kappa shape index (κ1) is 20.7. The van der Waals surface area contributed by atoms with Crippen molar-refractivity contribution in [2.45, 2.75) is 57.0 Å². The maximum Gasteiger partial charge on any atom is 0.261 e. The minimum absolute atomic E-state index is 0.00210. The highest BCUT2D eigenvalue weighted by Gasteiger charge is 2.41. The van der Waals surface area contributed by atoms with Crippen molar-refractivity contribution in [3.05, 3.63) is 64.7 Å². The van der Waals surface area contributed by atoms with Crippen LogP contribution in [0.1, 0.15) is 87.6 Å². The lowest BCUT2D eigenvalue weighted by Crippen LogP contribution is -2.40. The van der Waals surface area contributed by atoms with Gasteiger partial charge >= 0.3 is 0 Å². The van der Waals surface area contributed by atoms with Gasteiger partial charge in [-0.1, -0.05) is 31.4 Å². The zero-order valence-electron chi connectivity index (χ0n) is 18.4. The molecule has 1 saturated heterocycles. The van der Waals surface area contributed by atoms with Gasteiger partial charge in [-0.15, -0.1) is 0 Å². The number of amides is 3. The van der Waals surface area contributed by atoms with Crippen molar-refractivity contribution < 1.29 is 19.1 Å². The molecule has 1 atom stereocenters. The van der Waals surface area contributed by atoms with Gasteiger partial charge in [-0.2, -0.15) is 0 Å². The van der Waals surface area contributed by atoms with Crippen LogP contribution in [0, 0.1) is 0 Å². The summed E-state index contributed by atoms with van der Waals surface area (Å²) < 4.78 is 5.25. The first-order valence-corrected chi connectivity index (χ1v) is 11.6. The molecule has 1 saturated carbocycles. The molecule has 3 aliphatic rings. The van der Waals surface area contributed by atoms with Crippen molar-refractivity contribution >= 4 is 17.7 Å². The summed E-state index contributed by atoms with van der Waals surface area (Å²) >= 11 is 0. The molecule has 2 aromatic rings.